The largest absolute Gasteiger partial charge is 0.326 e. The van der Waals surface area contributed by atoms with Crippen molar-refractivity contribution in [2.75, 3.05) is 17.3 Å². The number of fused-ring (bicyclic) bond motifs is 1. The standard InChI is InChI=1S/C19H21N3O7S/c1-19(2,9-30(3,28)29)18(27)20-10-4-5-11-12(8-10)17(26)22(16(11)25)13-6-7-14(23)21-15(13)24/h4-5,8,13H,6-7,9H2,1-3H3,(H,20,27)(H,21,23,24). The number of hydrogen-bond acceptors (Lipinski definition) is 7. The van der Waals surface area contributed by atoms with Crippen LogP contribution in [0.25, 0.3) is 0 Å². The second-order valence-electron chi connectivity index (χ2n) is 8.12. The quantitative estimate of drug-likeness (QED) is 0.623. The van der Waals surface area contributed by atoms with Crippen LogP contribution in [-0.2, 0) is 24.2 Å². The third-order valence-corrected chi connectivity index (χ3v) is 6.18. The summed E-state index contributed by atoms with van der Waals surface area (Å²) in [4.78, 5) is 62.2. The van der Waals surface area contributed by atoms with E-state index in [0.717, 1.165) is 11.2 Å². The van der Waals surface area contributed by atoms with Crippen molar-refractivity contribution in [2.24, 2.45) is 5.41 Å². The van der Waals surface area contributed by atoms with Gasteiger partial charge in [-0.15, -0.1) is 0 Å². The first kappa shape index (κ1) is 21.6. The van der Waals surface area contributed by atoms with Gasteiger partial charge in [0.15, 0.2) is 0 Å². The summed E-state index contributed by atoms with van der Waals surface area (Å²) in [5, 5.41) is 4.69. The number of sulfone groups is 1. The van der Waals surface area contributed by atoms with E-state index in [4.69, 9.17) is 0 Å². The average molecular weight is 435 g/mol. The number of carbonyl (C=O) groups excluding carboxylic acids is 5. The summed E-state index contributed by atoms with van der Waals surface area (Å²) in [6.45, 7) is 2.96. The summed E-state index contributed by atoms with van der Waals surface area (Å²) in [7, 11) is -3.40. The van der Waals surface area contributed by atoms with Crippen LogP contribution in [-0.4, -0.2) is 60.9 Å². The maximum absolute atomic E-state index is 12.8. The van der Waals surface area contributed by atoms with Crippen molar-refractivity contribution in [3.05, 3.63) is 29.3 Å². The minimum absolute atomic E-state index is 0.0144. The van der Waals surface area contributed by atoms with Gasteiger partial charge in [0.05, 0.1) is 22.3 Å². The average Bonchev–Trinajstić information content (AvgIpc) is 2.84. The van der Waals surface area contributed by atoms with Crippen molar-refractivity contribution in [1.82, 2.24) is 10.2 Å². The van der Waals surface area contributed by atoms with E-state index in [1.54, 1.807) is 0 Å². The summed E-state index contributed by atoms with van der Waals surface area (Å²) >= 11 is 0. The van der Waals surface area contributed by atoms with Crippen LogP contribution in [0, 0.1) is 5.41 Å². The zero-order valence-corrected chi connectivity index (χ0v) is 17.5. The molecule has 3 rings (SSSR count). The first-order valence-corrected chi connectivity index (χ1v) is 11.2. The van der Waals surface area contributed by atoms with Crippen molar-refractivity contribution >= 4 is 45.1 Å². The molecule has 2 heterocycles. The Morgan fingerprint density at radius 3 is 2.40 bits per heavy atom. The van der Waals surface area contributed by atoms with Gasteiger partial charge >= 0.3 is 0 Å². The molecule has 1 saturated heterocycles. The van der Waals surface area contributed by atoms with Crippen molar-refractivity contribution in [1.29, 1.82) is 0 Å². The van der Waals surface area contributed by atoms with Gasteiger partial charge in [-0.2, -0.15) is 0 Å². The minimum Gasteiger partial charge on any atom is -0.326 e. The van der Waals surface area contributed by atoms with Gasteiger partial charge < -0.3 is 5.32 Å². The fraction of sp³-hybridized carbons (Fsp3) is 0.421. The van der Waals surface area contributed by atoms with E-state index in [1.165, 1.54) is 32.0 Å². The number of nitrogens with zero attached hydrogens (tertiary/aromatic N) is 1. The van der Waals surface area contributed by atoms with Gasteiger partial charge in [-0.25, -0.2) is 8.42 Å². The molecule has 0 aliphatic carbocycles. The van der Waals surface area contributed by atoms with Crippen molar-refractivity contribution in [3.8, 4) is 0 Å². The fourth-order valence-corrected chi connectivity index (χ4v) is 5.01. The topological polar surface area (TPSA) is 147 Å². The maximum atomic E-state index is 12.8. The lowest BCUT2D eigenvalue weighted by Gasteiger charge is -2.27. The third kappa shape index (κ3) is 4.11. The van der Waals surface area contributed by atoms with Crippen molar-refractivity contribution in [2.45, 2.75) is 32.7 Å². The van der Waals surface area contributed by atoms with Crippen molar-refractivity contribution < 1.29 is 32.4 Å². The normalized spacial score (nSPS) is 19.6. The van der Waals surface area contributed by atoms with Crippen LogP contribution in [0.1, 0.15) is 47.4 Å². The second-order valence-corrected chi connectivity index (χ2v) is 10.3. The minimum atomic E-state index is -3.40. The Morgan fingerprint density at radius 2 is 1.80 bits per heavy atom. The lowest BCUT2D eigenvalue weighted by molar-refractivity contribution is -0.136. The molecule has 1 unspecified atom stereocenters. The summed E-state index contributed by atoms with van der Waals surface area (Å²) in [5.41, 5.74) is -0.904. The fourth-order valence-electron chi connectivity index (χ4n) is 3.57. The summed E-state index contributed by atoms with van der Waals surface area (Å²) in [6.07, 6.45) is 1.09. The molecule has 1 aromatic carbocycles. The van der Waals surface area contributed by atoms with Crippen LogP contribution in [0.5, 0.6) is 0 Å². The monoisotopic (exact) mass is 435 g/mol. The molecule has 11 heteroatoms. The van der Waals surface area contributed by atoms with E-state index >= 15 is 0 Å². The highest BCUT2D eigenvalue weighted by Crippen LogP contribution is 2.30. The molecule has 0 saturated carbocycles. The second kappa shape index (κ2) is 7.31. The Bertz CT molecular complexity index is 1090. The zero-order chi connectivity index (χ0) is 22.4. The summed E-state index contributed by atoms with van der Waals surface area (Å²) < 4.78 is 23.1. The van der Waals surface area contributed by atoms with E-state index in [-0.39, 0.29) is 35.4 Å². The number of benzene rings is 1. The highest BCUT2D eigenvalue weighted by molar-refractivity contribution is 7.90. The molecule has 2 N–H and O–H groups in total. The molecule has 1 fully saturated rings. The van der Waals surface area contributed by atoms with Gasteiger partial charge in [0, 0.05) is 18.4 Å². The van der Waals surface area contributed by atoms with E-state index in [2.05, 4.69) is 10.6 Å². The van der Waals surface area contributed by atoms with Gasteiger partial charge in [0.2, 0.25) is 17.7 Å². The number of piperidine rings is 1. The highest BCUT2D eigenvalue weighted by atomic mass is 32.2. The summed E-state index contributed by atoms with van der Waals surface area (Å²) in [5.74, 6) is -3.45. The number of imide groups is 2. The molecule has 0 radical (unpaired) electrons. The Labute approximate surface area is 172 Å². The number of nitrogens with one attached hydrogen (secondary N) is 2. The zero-order valence-electron chi connectivity index (χ0n) is 16.6. The Balaban J connectivity index is 1.83. The molecule has 5 amide bonds. The predicted octanol–water partition coefficient (Wildman–Crippen LogP) is 0.0971. The van der Waals surface area contributed by atoms with Crippen LogP contribution < -0.4 is 10.6 Å². The van der Waals surface area contributed by atoms with Crippen LogP contribution >= 0.6 is 0 Å². The molecule has 0 aromatic heterocycles. The lowest BCUT2D eigenvalue weighted by atomic mass is 9.95. The van der Waals surface area contributed by atoms with Crippen LogP contribution in [0.4, 0.5) is 5.69 Å². The number of hydrogen-bond donors (Lipinski definition) is 2. The molecule has 1 aromatic rings. The lowest BCUT2D eigenvalue weighted by Crippen LogP contribution is -2.54. The predicted molar refractivity (Wildman–Crippen MR) is 105 cm³/mol. The first-order chi connectivity index (χ1) is 13.8. The van der Waals surface area contributed by atoms with E-state index in [0.29, 0.717) is 0 Å². The van der Waals surface area contributed by atoms with Gasteiger partial charge in [-0.3, -0.25) is 34.2 Å². The van der Waals surface area contributed by atoms with Gasteiger partial charge in [-0.1, -0.05) is 13.8 Å². The molecule has 2 aliphatic heterocycles. The molecule has 0 spiro atoms. The van der Waals surface area contributed by atoms with E-state index in [9.17, 15) is 32.4 Å². The molecule has 0 bridgehead atoms. The van der Waals surface area contributed by atoms with Crippen LogP contribution in [0.15, 0.2) is 18.2 Å². The van der Waals surface area contributed by atoms with Crippen molar-refractivity contribution in [3.63, 3.8) is 0 Å². The smallest absolute Gasteiger partial charge is 0.262 e. The Hall–Kier alpha value is -3.08. The molecule has 30 heavy (non-hydrogen) atoms. The maximum Gasteiger partial charge on any atom is 0.262 e. The van der Waals surface area contributed by atoms with Gasteiger partial charge in [0.1, 0.15) is 15.9 Å². The van der Waals surface area contributed by atoms with Crippen LogP contribution in [0.3, 0.4) is 0 Å². The Kier molecular flexibility index (Phi) is 5.27. The number of rotatable bonds is 5. The Morgan fingerprint density at radius 1 is 1.17 bits per heavy atom. The molecular formula is C19H21N3O7S. The summed E-state index contributed by atoms with van der Waals surface area (Å²) in [6, 6.07) is 3.02. The number of amides is 5. The van der Waals surface area contributed by atoms with Crippen LogP contribution in [0.2, 0.25) is 0 Å². The SMILES string of the molecule is CC(C)(CS(C)(=O)=O)C(=O)Nc1ccc2c(c1)C(=O)N(C1CCC(=O)NC1=O)C2=O. The molecule has 160 valence electrons. The van der Waals surface area contributed by atoms with E-state index in [1.807, 2.05) is 0 Å². The van der Waals surface area contributed by atoms with Gasteiger partial charge in [0.25, 0.3) is 11.8 Å². The molecule has 2 aliphatic rings. The number of anilines is 1. The third-order valence-electron chi connectivity index (χ3n) is 4.94. The molecular weight excluding hydrogens is 414 g/mol. The molecule has 10 nitrogen and oxygen atoms in total. The first-order valence-electron chi connectivity index (χ1n) is 9.15. The molecule has 1 atom stereocenters. The highest BCUT2D eigenvalue weighted by Gasteiger charge is 2.44. The number of carbonyl (C=O) groups is 5. The van der Waals surface area contributed by atoms with E-state index < -0.39 is 50.8 Å². The van der Waals surface area contributed by atoms with Gasteiger partial charge in [-0.05, 0) is 24.6 Å².